The molecule has 2 saturated carbocycles. The van der Waals surface area contributed by atoms with Crippen LogP contribution in [0.2, 0.25) is 0 Å². The van der Waals surface area contributed by atoms with E-state index < -0.39 is 0 Å². The molecule has 0 amide bonds. The summed E-state index contributed by atoms with van der Waals surface area (Å²) in [6.07, 6.45) is 10.9. The van der Waals surface area contributed by atoms with Crippen LogP contribution in [-0.4, -0.2) is 4.57 Å². The van der Waals surface area contributed by atoms with Crippen LogP contribution in [0.15, 0.2) is 66.7 Å². The maximum absolute atomic E-state index is 2.74. The maximum Gasteiger partial charge on any atom is 0.300 e. The van der Waals surface area contributed by atoms with E-state index in [1.54, 1.807) is 11.3 Å². The molecule has 2 aliphatic carbocycles. The topological polar surface area (TPSA) is 8.81 Å². The second-order valence-corrected chi connectivity index (χ2v) is 12.3. The zero-order valence-electron chi connectivity index (χ0n) is 23.6. The molecule has 2 heterocycles. The molecule has 194 valence electrons. The van der Waals surface area contributed by atoms with Gasteiger partial charge in [0.05, 0.1) is 11.0 Å². The van der Waals surface area contributed by atoms with E-state index in [0.29, 0.717) is 0 Å². The Bertz CT molecular complexity index is 1490. The quantitative estimate of drug-likeness (QED) is 0.247. The molecule has 1 aromatic heterocycles. The monoisotopic (exact) mass is 501 g/mol. The van der Waals surface area contributed by atoms with Crippen molar-refractivity contribution >= 4 is 0 Å². The van der Waals surface area contributed by atoms with Crippen molar-refractivity contribution in [1.82, 2.24) is 4.57 Å². The first-order valence-electron chi connectivity index (χ1n) is 15.0. The van der Waals surface area contributed by atoms with E-state index in [4.69, 9.17) is 0 Å². The van der Waals surface area contributed by atoms with Crippen molar-refractivity contribution in [3.05, 3.63) is 100 Å². The van der Waals surface area contributed by atoms with Crippen LogP contribution in [0.3, 0.4) is 0 Å². The predicted octanol–water partition coefficient (Wildman–Crippen LogP) is 8.63. The Morgan fingerprint density at radius 3 is 1.84 bits per heavy atom. The highest BCUT2D eigenvalue weighted by atomic mass is 15.2. The molecule has 0 radical (unpaired) electrons. The van der Waals surface area contributed by atoms with Crippen molar-refractivity contribution < 1.29 is 4.57 Å². The van der Waals surface area contributed by atoms with Gasteiger partial charge in [0.25, 0.3) is 5.82 Å². The Morgan fingerprint density at radius 2 is 1.21 bits per heavy atom. The molecule has 4 aromatic rings. The molecule has 0 bridgehead atoms. The number of aromatic nitrogens is 2. The number of benzene rings is 3. The number of nitrogens with zero attached hydrogens (tertiary/aromatic N) is 2. The van der Waals surface area contributed by atoms with Crippen molar-refractivity contribution in [2.45, 2.75) is 84.5 Å². The normalized spacial score (nSPS) is 18.7. The van der Waals surface area contributed by atoms with E-state index in [1.165, 1.54) is 96.5 Å². The maximum atomic E-state index is 2.74. The van der Waals surface area contributed by atoms with Gasteiger partial charge in [0.1, 0.15) is 11.4 Å². The van der Waals surface area contributed by atoms with E-state index in [-0.39, 0.29) is 5.41 Å². The van der Waals surface area contributed by atoms with Crippen molar-refractivity contribution in [2.24, 2.45) is 11.8 Å². The Balaban J connectivity index is 1.67. The van der Waals surface area contributed by atoms with Gasteiger partial charge < -0.3 is 0 Å². The van der Waals surface area contributed by atoms with Crippen molar-refractivity contribution in [1.29, 1.82) is 0 Å². The van der Waals surface area contributed by atoms with Gasteiger partial charge in [-0.2, -0.15) is 9.13 Å². The molecule has 0 unspecified atom stereocenters. The molecular formula is C36H41N2+. The third kappa shape index (κ3) is 3.15. The lowest BCUT2D eigenvalue weighted by molar-refractivity contribution is -0.588. The summed E-state index contributed by atoms with van der Waals surface area (Å²) in [4.78, 5) is 0. The number of rotatable bonds is 4. The smallest absolute Gasteiger partial charge is 0.192 e. The second-order valence-electron chi connectivity index (χ2n) is 12.3. The molecule has 0 N–H and O–H groups in total. The summed E-state index contributed by atoms with van der Waals surface area (Å²) in [5.74, 6) is 2.78. The van der Waals surface area contributed by atoms with Crippen LogP contribution < -0.4 is 4.57 Å². The highest BCUT2D eigenvalue weighted by Gasteiger charge is 2.61. The summed E-state index contributed by atoms with van der Waals surface area (Å²) in [6, 6.07) is 25.3. The zero-order chi connectivity index (χ0) is 26.0. The Morgan fingerprint density at radius 1 is 0.658 bits per heavy atom. The first kappa shape index (κ1) is 23.9. The summed E-state index contributed by atoms with van der Waals surface area (Å²) in [5, 5.41) is 0. The molecular weight excluding hydrogens is 460 g/mol. The fourth-order valence-electron chi connectivity index (χ4n) is 8.92. The van der Waals surface area contributed by atoms with Crippen molar-refractivity contribution in [3.8, 4) is 22.8 Å². The minimum Gasteiger partial charge on any atom is -0.192 e. The molecule has 2 fully saturated rings. The van der Waals surface area contributed by atoms with Gasteiger partial charge in [-0.05, 0) is 87.1 Å². The second kappa shape index (κ2) is 8.97. The Labute approximate surface area is 228 Å². The van der Waals surface area contributed by atoms with Crippen LogP contribution in [0.4, 0.5) is 0 Å². The van der Waals surface area contributed by atoms with Crippen LogP contribution in [0.25, 0.3) is 22.8 Å². The summed E-state index contributed by atoms with van der Waals surface area (Å²) in [6.45, 7) is 9.29. The number of hydrogen-bond donors (Lipinski definition) is 0. The number of hydrogen-bond acceptors (Lipinski definition) is 0. The van der Waals surface area contributed by atoms with Crippen LogP contribution in [0, 0.1) is 39.5 Å². The molecule has 3 aromatic carbocycles. The zero-order valence-corrected chi connectivity index (χ0v) is 23.6. The van der Waals surface area contributed by atoms with Gasteiger partial charge in [-0.25, -0.2) is 0 Å². The van der Waals surface area contributed by atoms with Crippen molar-refractivity contribution in [2.75, 3.05) is 0 Å². The first-order chi connectivity index (χ1) is 18.5. The number of aryl methyl sites for hydroxylation is 3. The Kier molecular flexibility index (Phi) is 5.65. The summed E-state index contributed by atoms with van der Waals surface area (Å²) >= 11 is 0. The third-order valence-corrected chi connectivity index (χ3v) is 10.4. The molecule has 2 nitrogen and oxygen atoms in total. The van der Waals surface area contributed by atoms with Gasteiger partial charge >= 0.3 is 0 Å². The van der Waals surface area contributed by atoms with E-state index >= 15 is 0 Å². The lowest BCUT2D eigenvalue weighted by Gasteiger charge is -2.40. The van der Waals surface area contributed by atoms with E-state index in [1.807, 2.05) is 0 Å². The van der Waals surface area contributed by atoms with Gasteiger partial charge in [-0.15, -0.1) is 0 Å². The van der Waals surface area contributed by atoms with Crippen LogP contribution in [-0.2, 0) is 5.41 Å². The fraction of sp³-hybridized carbons (Fsp3) is 0.417. The lowest BCUT2D eigenvalue weighted by atomic mass is 9.60. The van der Waals surface area contributed by atoms with Gasteiger partial charge in [-0.1, -0.05) is 80.3 Å². The van der Waals surface area contributed by atoms with E-state index in [0.717, 1.165) is 11.8 Å². The minimum atomic E-state index is 0.104. The standard InChI is InChI=1S/C36H41N2/c1-24-14-5-11-22-31(24)37-27(4)34-36(28-17-6-7-18-28,29-19-8-9-20-29)30-21-10-12-23-32(30)38(34)35(37)33-25(2)15-13-16-26(33)3/h5,10-16,21-23,28-29H,6-9,17-20H2,1-4H3/q+1. The molecule has 1 aliphatic heterocycles. The average molecular weight is 502 g/mol. The molecule has 38 heavy (non-hydrogen) atoms. The van der Waals surface area contributed by atoms with Gasteiger partial charge in [-0.3, -0.25) is 0 Å². The average Bonchev–Trinajstić information content (AvgIpc) is 3.71. The highest BCUT2D eigenvalue weighted by molar-refractivity contribution is 5.69. The predicted molar refractivity (Wildman–Crippen MR) is 156 cm³/mol. The van der Waals surface area contributed by atoms with Crippen LogP contribution >= 0.6 is 0 Å². The molecule has 0 saturated heterocycles. The number of fused-ring (bicyclic) bond motifs is 3. The van der Waals surface area contributed by atoms with E-state index in [9.17, 15) is 0 Å². The summed E-state index contributed by atoms with van der Waals surface area (Å²) in [5.41, 5.74) is 12.9. The van der Waals surface area contributed by atoms with Gasteiger partial charge in [0.2, 0.25) is 0 Å². The molecule has 0 atom stereocenters. The Hall–Kier alpha value is -3.13. The van der Waals surface area contributed by atoms with Crippen LogP contribution in [0.5, 0.6) is 0 Å². The molecule has 7 rings (SSSR count). The highest BCUT2D eigenvalue weighted by Crippen LogP contribution is 2.59. The van der Waals surface area contributed by atoms with Gasteiger partial charge in [0, 0.05) is 12.5 Å². The SMILES string of the molecule is Cc1ccccc1-n1c(C)c2[n+](c1-c1c(C)cccc1C)-c1ccccc1C2(C1CCCC1)C1CCCC1. The molecule has 0 spiro atoms. The van der Waals surface area contributed by atoms with Gasteiger partial charge in [0.15, 0.2) is 11.4 Å². The summed E-state index contributed by atoms with van der Waals surface area (Å²) < 4.78 is 5.37. The molecule has 3 aliphatic rings. The molecule has 2 heteroatoms. The number of imidazole rings is 1. The summed E-state index contributed by atoms with van der Waals surface area (Å²) in [7, 11) is 0. The fourth-order valence-corrected chi connectivity index (χ4v) is 8.92. The van der Waals surface area contributed by atoms with Crippen molar-refractivity contribution in [3.63, 3.8) is 0 Å². The van der Waals surface area contributed by atoms with Crippen LogP contribution in [0.1, 0.15) is 85.0 Å². The van der Waals surface area contributed by atoms with E-state index in [2.05, 4.69) is 104 Å². The minimum absolute atomic E-state index is 0.104. The third-order valence-electron chi connectivity index (χ3n) is 10.4. The first-order valence-corrected chi connectivity index (χ1v) is 15.0. The lowest BCUT2D eigenvalue weighted by Crippen LogP contribution is -2.44. The number of para-hydroxylation sites is 2. The largest absolute Gasteiger partial charge is 0.300 e.